The van der Waals surface area contributed by atoms with Gasteiger partial charge >= 0.3 is 0 Å². The number of hydrogen-bond donors (Lipinski definition) is 2. The van der Waals surface area contributed by atoms with Gasteiger partial charge in [0.15, 0.2) is 11.5 Å². The summed E-state index contributed by atoms with van der Waals surface area (Å²) in [6, 6.07) is 0. The molecule has 1 rings (SSSR count). The Hall–Kier alpha value is -3.14. The lowest BCUT2D eigenvalue weighted by Gasteiger charge is -2.17. The average Bonchev–Trinajstić information content (AvgIpc) is 2.94. The van der Waals surface area contributed by atoms with Gasteiger partial charge in [0.2, 0.25) is 11.5 Å². The van der Waals surface area contributed by atoms with Crippen molar-refractivity contribution < 1.29 is 19.7 Å². The molecule has 0 aliphatic carbocycles. The maximum absolute atomic E-state index is 10.7. The summed E-state index contributed by atoms with van der Waals surface area (Å²) in [6.45, 7) is 17.2. The molecule has 43 heavy (non-hydrogen) atoms. The fraction of sp³-hybridized carbons (Fsp3) is 0.538. The van der Waals surface area contributed by atoms with Crippen molar-refractivity contribution >= 4 is 0 Å². The maximum atomic E-state index is 10.7. The molecule has 0 unspecified atom stereocenters. The van der Waals surface area contributed by atoms with E-state index in [9.17, 15) is 10.2 Å². The van der Waals surface area contributed by atoms with E-state index in [1.54, 1.807) is 6.92 Å². The second-order valence-corrected chi connectivity index (χ2v) is 12.3. The van der Waals surface area contributed by atoms with Crippen molar-refractivity contribution in [1.29, 1.82) is 0 Å². The topological polar surface area (TPSA) is 58.9 Å². The minimum Gasteiger partial charge on any atom is -0.504 e. The van der Waals surface area contributed by atoms with Gasteiger partial charge in [0.05, 0.1) is 14.2 Å². The Morgan fingerprint density at radius 3 is 1.19 bits per heavy atom. The Balaban J connectivity index is 2.44. The lowest BCUT2D eigenvalue weighted by Crippen LogP contribution is -1.98. The third-order valence-electron chi connectivity index (χ3n) is 8.01. The van der Waals surface area contributed by atoms with Crippen LogP contribution in [0.5, 0.6) is 23.0 Å². The first-order chi connectivity index (χ1) is 20.4. The number of phenolic OH excluding ortho intramolecular Hbond substituents is 2. The molecule has 2 N–H and O–H groups in total. The van der Waals surface area contributed by atoms with E-state index in [0.29, 0.717) is 17.5 Å². The first-order valence-corrected chi connectivity index (χ1v) is 16.0. The van der Waals surface area contributed by atoms with Crippen molar-refractivity contribution in [3.63, 3.8) is 0 Å². The first kappa shape index (κ1) is 37.9. The fourth-order valence-electron chi connectivity index (χ4n) is 5.03. The zero-order valence-corrected chi connectivity index (χ0v) is 29.0. The minimum absolute atomic E-state index is 0.00697. The van der Waals surface area contributed by atoms with E-state index >= 15 is 0 Å². The molecule has 0 bridgehead atoms. The normalized spacial score (nSPS) is 13.4. The van der Waals surface area contributed by atoms with E-state index in [1.165, 1.54) is 54.1 Å². The lowest BCUT2D eigenvalue weighted by atomic mass is 9.99. The number of benzene rings is 1. The molecule has 1 aromatic carbocycles. The summed E-state index contributed by atoms with van der Waals surface area (Å²) >= 11 is 0. The molecule has 0 fully saturated rings. The summed E-state index contributed by atoms with van der Waals surface area (Å²) in [5.74, 6) is 0.358. The molecule has 0 aromatic heterocycles. The molecule has 0 saturated heterocycles. The molecule has 0 heterocycles. The SMILES string of the molecule is COc1c(O)c(C)c(C/C=C(/C)CC/C=C(\C)CC/C=C(/C)CC/C=C(/C)CC/C=C(\C)CCC=C(C)C)c(O)c1OC. The van der Waals surface area contributed by atoms with Crippen LogP contribution in [-0.2, 0) is 6.42 Å². The largest absolute Gasteiger partial charge is 0.504 e. The van der Waals surface area contributed by atoms with Gasteiger partial charge in [-0.05, 0) is 126 Å². The minimum atomic E-state index is 0.00697. The molecule has 0 amide bonds. The Morgan fingerprint density at radius 1 is 0.512 bits per heavy atom. The lowest BCUT2D eigenvalue weighted by molar-refractivity contribution is 0.314. The van der Waals surface area contributed by atoms with E-state index in [-0.39, 0.29) is 23.0 Å². The van der Waals surface area contributed by atoms with Gasteiger partial charge in [0.1, 0.15) is 0 Å². The van der Waals surface area contributed by atoms with Crippen LogP contribution < -0.4 is 9.47 Å². The summed E-state index contributed by atoms with van der Waals surface area (Å²) < 4.78 is 10.5. The average molecular weight is 593 g/mol. The van der Waals surface area contributed by atoms with Crippen molar-refractivity contribution in [2.24, 2.45) is 0 Å². The number of ether oxygens (including phenoxy) is 2. The molecular formula is C39H60O4. The van der Waals surface area contributed by atoms with Crippen molar-refractivity contribution in [3.8, 4) is 23.0 Å². The molecule has 0 atom stereocenters. The third-order valence-corrected chi connectivity index (χ3v) is 8.01. The summed E-state index contributed by atoms with van der Waals surface area (Å²) in [5.41, 5.74) is 9.82. The Bertz CT molecular complexity index is 1200. The standard InChI is InChI=1S/C39H60O4/c1-28(2)16-11-17-29(3)18-12-19-30(4)20-13-21-31(5)22-14-23-32(6)24-15-25-33(7)26-27-35-34(8)36(40)38(42-9)39(43-10)37(35)41/h16,18,20,22,24,26,40-41H,11-15,17,19,21,23,25,27H2,1-10H3/b29-18+,30-20-,31-22-,32-24+,33-26-. The van der Waals surface area contributed by atoms with E-state index in [1.807, 2.05) is 0 Å². The highest BCUT2D eigenvalue weighted by Crippen LogP contribution is 2.48. The molecule has 0 aliphatic rings. The molecular weight excluding hydrogens is 532 g/mol. The van der Waals surface area contributed by atoms with Crippen LogP contribution in [0.4, 0.5) is 0 Å². The van der Waals surface area contributed by atoms with E-state index in [4.69, 9.17) is 9.47 Å². The third kappa shape index (κ3) is 14.7. The van der Waals surface area contributed by atoms with Gasteiger partial charge in [-0.15, -0.1) is 0 Å². The quantitative estimate of drug-likeness (QED) is 0.124. The van der Waals surface area contributed by atoms with E-state index in [2.05, 4.69) is 84.9 Å². The van der Waals surface area contributed by atoms with Crippen LogP contribution in [0.3, 0.4) is 0 Å². The van der Waals surface area contributed by atoms with Crippen LogP contribution in [0.2, 0.25) is 0 Å². The monoisotopic (exact) mass is 592 g/mol. The van der Waals surface area contributed by atoms with Crippen molar-refractivity contribution in [2.45, 2.75) is 126 Å². The molecule has 0 spiro atoms. The molecule has 1 aromatic rings. The van der Waals surface area contributed by atoms with Crippen molar-refractivity contribution in [1.82, 2.24) is 0 Å². The van der Waals surface area contributed by atoms with Crippen LogP contribution in [-0.4, -0.2) is 24.4 Å². The van der Waals surface area contributed by atoms with Crippen LogP contribution in [0.25, 0.3) is 0 Å². The highest BCUT2D eigenvalue weighted by atomic mass is 16.5. The van der Waals surface area contributed by atoms with Gasteiger partial charge in [-0.25, -0.2) is 0 Å². The number of rotatable bonds is 19. The van der Waals surface area contributed by atoms with Crippen LogP contribution in [0.15, 0.2) is 69.9 Å². The number of aromatic hydroxyl groups is 2. The fourth-order valence-corrected chi connectivity index (χ4v) is 5.03. The number of hydrogen-bond acceptors (Lipinski definition) is 4. The molecule has 4 heteroatoms. The number of phenols is 2. The van der Waals surface area contributed by atoms with Crippen LogP contribution >= 0.6 is 0 Å². The highest BCUT2D eigenvalue weighted by Gasteiger charge is 2.22. The summed E-state index contributed by atoms with van der Waals surface area (Å²) in [6.07, 6.45) is 25.5. The number of allylic oxidation sites excluding steroid dienone is 12. The van der Waals surface area contributed by atoms with Crippen LogP contribution in [0.1, 0.15) is 124 Å². The zero-order valence-electron chi connectivity index (χ0n) is 29.0. The molecule has 0 saturated carbocycles. The smallest absolute Gasteiger partial charge is 0.207 e. The number of methoxy groups -OCH3 is 2. The van der Waals surface area contributed by atoms with Crippen LogP contribution in [0, 0.1) is 6.92 Å². The predicted molar refractivity (Wildman–Crippen MR) is 186 cm³/mol. The Labute approximate surface area is 263 Å². The Kier molecular flexibility index (Phi) is 18.2. The van der Waals surface area contributed by atoms with Crippen molar-refractivity contribution in [3.05, 3.63) is 81.0 Å². The summed E-state index contributed by atoms with van der Waals surface area (Å²) in [4.78, 5) is 0. The van der Waals surface area contributed by atoms with Gasteiger partial charge in [-0.1, -0.05) is 69.9 Å². The van der Waals surface area contributed by atoms with Gasteiger partial charge < -0.3 is 19.7 Å². The van der Waals surface area contributed by atoms with Gasteiger partial charge in [-0.3, -0.25) is 0 Å². The molecule has 240 valence electrons. The predicted octanol–water partition coefficient (Wildman–Crippen LogP) is 11.6. The maximum Gasteiger partial charge on any atom is 0.207 e. The second-order valence-electron chi connectivity index (χ2n) is 12.3. The Morgan fingerprint density at radius 2 is 0.837 bits per heavy atom. The second kappa shape index (κ2) is 20.7. The molecule has 4 nitrogen and oxygen atoms in total. The first-order valence-electron chi connectivity index (χ1n) is 16.0. The van der Waals surface area contributed by atoms with E-state index in [0.717, 1.165) is 57.8 Å². The van der Waals surface area contributed by atoms with Gasteiger partial charge in [-0.2, -0.15) is 0 Å². The summed E-state index contributed by atoms with van der Waals surface area (Å²) in [7, 11) is 2.90. The van der Waals surface area contributed by atoms with E-state index < -0.39 is 0 Å². The zero-order chi connectivity index (χ0) is 32.4. The highest BCUT2D eigenvalue weighted by molar-refractivity contribution is 5.66. The summed E-state index contributed by atoms with van der Waals surface area (Å²) in [5, 5.41) is 21.1. The molecule has 0 aliphatic heterocycles. The van der Waals surface area contributed by atoms with Gasteiger partial charge in [0.25, 0.3) is 0 Å². The van der Waals surface area contributed by atoms with Crippen molar-refractivity contribution in [2.75, 3.05) is 14.2 Å². The molecule has 0 radical (unpaired) electrons. The van der Waals surface area contributed by atoms with Gasteiger partial charge in [0, 0.05) is 11.1 Å².